The predicted molar refractivity (Wildman–Crippen MR) is 173 cm³/mol. The molecule has 0 amide bonds. The lowest BCUT2D eigenvalue weighted by Crippen LogP contribution is -2.47. The Labute approximate surface area is 283 Å². The summed E-state index contributed by atoms with van der Waals surface area (Å²) < 4.78 is 103. The smallest absolute Gasteiger partial charge is 0.393 e. The van der Waals surface area contributed by atoms with Crippen LogP contribution in [0.25, 0.3) is 0 Å². The van der Waals surface area contributed by atoms with E-state index in [1.807, 2.05) is 6.07 Å². The summed E-state index contributed by atoms with van der Waals surface area (Å²) in [7, 11) is -5.64. The van der Waals surface area contributed by atoms with Crippen molar-refractivity contribution in [1.82, 2.24) is 0 Å². The highest BCUT2D eigenvalue weighted by Crippen LogP contribution is 2.76. The van der Waals surface area contributed by atoms with Crippen LogP contribution in [-0.4, -0.2) is 52.5 Å². The second-order valence-electron chi connectivity index (χ2n) is 15.0. The Hall–Kier alpha value is -1.35. The van der Waals surface area contributed by atoms with E-state index in [9.17, 15) is 44.8 Å². The lowest BCUT2D eigenvalue weighted by atomic mass is 9.50. The third kappa shape index (κ3) is 7.77. The summed E-state index contributed by atoms with van der Waals surface area (Å²) >= 11 is 0. The molecule has 8 atom stereocenters. The molecule has 1 aromatic carbocycles. The molecule has 4 aliphatic carbocycles. The molecule has 48 heavy (non-hydrogen) atoms. The van der Waals surface area contributed by atoms with Crippen molar-refractivity contribution < 1.29 is 49.0 Å². The van der Waals surface area contributed by atoms with Crippen LogP contribution in [0, 0.1) is 28.6 Å². The van der Waals surface area contributed by atoms with E-state index in [4.69, 9.17) is 9.32 Å². The molecule has 0 radical (unpaired) electrons. The third-order valence-corrected chi connectivity index (χ3v) is 14.3. The molecule has 7 nitrogen and oxygen atoms in total. The topological polar surface area (TPSA) is 127 Å². The van der Waals surface area contributed by atoms with Gasteiger partial charge in [-0.1, -0.05) is 51.5 Å². The molecule has 0 bridgehead atoms. The van der Waals surface area contributed by atoms with Crippen LogP contribution in [0.1, 0.15) is 126 Å². The van der Waals surface area contributed by atoms with Crippen molar-refractivity contribution in [1.29, 1.82) is 0 Å². The highest BCUT2D eigenvalue weighted by Gasteiger charge is 2.71. The van der Waals surface area contributed by atoms with Crippen LogP contribution in [0.15, 0.2) is 18.2 Å². The largest absolute Gasteiger partial charge is 0.453 e. The van der Waals surface area contributed by atoms with Gasteiger partial charge in [-0.3, -0.25) is 4.21 Å². The summed E-state index contributed by atoms with van der Waals surface area (Å²) in [6.45, 7) is 2.35. The summed E-state index contributed by atoms with van der Waals surface area (Å²) in [5.74, 6) is -3.91. The fourth-order valence-corrected chi connectivity index (χ4v) is 11.3. The normalized spacial score (nSPS) is 31.6. The molecule has 4 N–H and O–H groups in total. The van der Waals surface area contributed by atoms with E-state index < -0.39 is 52.1 Å². The van der Waals surface area contributed by atoms with Gasteiger partial charge >= 0.3 is 22.4 Å². The molecule has 0 aliphatic heterocycles. The fraction of sp³-hybridized carbons (Fsp3) is 0.824. The van der Waals surface area contributed by atoms with Crippen LogP contribution in [0.2, 0.25) is 0 Å². The zero-order chi connectivity index (χ0) is 35.1. The number of hydrogen-bond acceptors (Lipinski definition) is 6. The summed E-state index contributed by atoms with van der Waals surface area (Å²) in [6, 6.07) is 5.08. The first kappa shape index (κ1) is 37.9. The number of halogens is 5. The van der Waals surface area contributed by atoms with Crippen LogP contribution < -0.4 is 9.32 Å². The Morgan fingerprint density at radius 3 is 2.19 bits per heavy atom. The SMILES string of the molecule is C[C@]12CCC3c4ccc(OS(N)(=O)=O)cc4[C@@H](O)C(CCCCCCCCCS(=O)CCCC(F)(F)C(F)(F)F)C3C1C[C@@H](O)C21CC1. The Morgan fingerprint density at radius 2 is 1.56 bits per heavy atom. The van der Waals surface area contributed by atoms with Crippen molar-refractivity contribution in [2.24, 2.45) is 33.7 Å². The van der Waals surface area contributed by atoms with Crippen molar-refractivity contribution in [3.8, 4) is 5.75 Å². The Morgan fingerprint density at radius 1 is 0.938 bits per heavy atom. The first-order valence-corrected chi connectivity index (χ1v) is 20.4. The number of fused-ring (bicyclic) bond motifs is 6. The van der Waals surface area contributed by atoms with Gasteiger partial charge in [0.2, 0.25) is 0 Å². The second kappa shape index (κ2) is 14.3. The maximum atomic E-state index is 13.0. The van der Waals surface area contributed by atoms with Crippen molar-refractivity contribution in [3.05, 3.63) is 29.3 Å². The van der Waals surface area contributed by atoms with Gasteiger partial charge in [-0.05, 0) is 104 Å². The van der Waals surface area contributed by atoms with Crippen LogP contribution in [-0.2, 0) is 21.1 Å². The van der Waals surface area contributed by atoms with Gasteiger partial charge in [-0.15, -0.1) is 0 Å². The van der Waals surface area contributed by atoms with E-state index in [0.717, 1.165) is 82.6 Å². The Bertz CT molecular complexity index is 1420. The van der Waals surface area contributed by atoms with E-state index in [1.165, 1.54) is 0 Å². The molecule has 3 fully saturated rings. The maximum absolute atomic E-state index is 13.0. The number of rotatable bonds is 16. The molecular weight excluding hydrogens is 677 g/mol. The fourth-order valence-electron chi connectivity index (χ4n) is 9.77. The molecule has 5 rings (SSSR count). The number of aliphatic hydroxyl groups excluding tert-OH is 2. The van der Waals surface area contributed by atoms with Gasteiger partial charge in [0.25, 0.3) is 0 Å². The zero-order valence-electron chi connectivity index (χ0n) is 27.5. The van der Waals surface area contributed by atoms with Crippen LogP contribution in [0.3, 0.4) is 0 Å². The molecular formula is C34H50F5NO6S2. The minimum Gasteiger partial charge on any atom is -0.393 e. The van der Waals surface area contributed by atoms with Crippen molar-refractivity contribution >= 4 is 21.1 Å². The van der Waals surface area contributed by atoms with Gasteiger partial charge in [-0.2, -0.15) is 35.5 Å². The molecule has 0 heterocycles. The van der Waals surface area contributed by atoms with Crippen molar-refractivity contribution in [2.75, 3.05) is 11.5 Å². The van der Waals surface area contributed by atoms with E-state index in [-0.39, 0.29) is 52.1 Å². The van der Waals surface area contributed by atoms with E-state index in [0.29, 0.717) is 17.7 Å². The average Bonchev–Trinajstić information content (AvgIpc) is 3.77. The first-order chi connectivity index (χ1) is 22.4. The molecule has 1 spiro atoms. The lowest BCUT2D eigenvalue weighted by Gasteiger charge is -2.55. The molecule has 0 aromatic heterocycles. The second-order valence-corrected chi connectivity index (χ2v) is 17.9. The van der Waals surface area contributed by atoms with Crippen LogP contribution in [0.4, 0.5) is 22.0 Å². The van der Waals surface area contributed by atoms with Crippen molar-refractivity contribution in [3.63, 3.8) is 0 Å². The molecule has 1 aromatic rings. The summed E-state index contributed by atoms with van der Waals surface area (Å²) in [5, 5.41) is 28.2. The van der Waals surface area contributed by atoms with Gasteiger partial charge in [0.05, 0.1) is 12.2 Å². The number of alkyl halides is 5. The quantitative estimate of drug-likeness (QED) is 0.120. The Kier molecular flexibility index (Phi) is 11.3. The maximum Gasteiger partial charge on any atom is 0.453 e. The third-order valence-electron chi connectivity index (χ3n) is 12.3. The molecule has 3 saturated carbocycles. The number of hydrogen-bond donors (Lipinski definition) is 3. The summed E-state index contributed by atoms with van der Waals surface area (Å²) in [6.07, 6.45) is 3.22. The van der Waals surface area contributed by atoms with Crippen molar-refractivity contribution in [2.45, 2.75) is 133 Å². The predicted octanol–water partition coefficient (Wildman–Crippen LogP) is 7.44. The summed E-state index contributed by atoms with van der Waals surface area (Å²) in [4.78, 5) is 0. The molecule has 5 unspecified atom stereocenters. The zero-order valence-corrected chi connectivity index (χ0v) is 29.2. The van der Waals surface area contributed by atoms with Crippen LogP contribution in [0.5, 0.6) is 5.75 Å². The minimum atomic E-state index is -5.58. The van der Waals surface area contributed by atoms with E-state index in [2.05, 4.69) is 6.92 Å². The number of unbranched alkanes of at least 4 members (excludes halogenated alkanes) is 6. The standard InChI is InChI=1S/C34H50F5NO6S2/c1-31-15-13-24-23-12-11-22(46-48(40,44)45)20-26(23)30(42)25(29(24)27(31)21-28(41)32(31)16-17-32)10-7-5-3-2-4-6-8-18-47(43)19-9-14-33(35,36)34(37,38)39/h11-12,20,24-25,27-30,41-42H,2-10,13-19,21H2,1H3,(H2,40,44,45)/t24?,25?,27?,28-,29?,30+,31+,47?/m1/s1. The minimum absolute atomic E-state index is 0.0139. The number of nitrogens with two attached hydrogens (primary N) is 1. The monoisotopic (exact) mass is 727 g/mol. The van der Waals surface area contributed by atoms with Gasteiger partial charge in [0.15, 0.2) is 0 Å². The van der Waals surface area contributed by atoms with Gasteiger partial charge in [-0.25, -0.2) is 0 Å². The number of aliphatic hydroxyl groups is 2. The van der Waals surface area contributed by atoms with Gasteiger partial charge < -0.3 is 14.4 Å². The molecule has 4 aliphatic rings. The van der Waals surface area contributed by atoms with E-state index >= 15 is 0 Å². The van der Waals surface area contributed by atoms with Gasteiger partial charge in [0, 0.05) is 34.1 Å². The van der Waals surface area contributed by atoms with Crippen LogP contribution >= 0.6 is 0 Å². The highest BCUT2D eigenvalue weighted by molar-refractivity contribution is 7.85. The van der Waals surface area contributed by atoms with E-state index in [1.54, 1.807) is 12.1 Å². The average molecular weight is 728 g/mol. The highest BCUT2D eigenvalue weighted by atomic mass is 32.2. The Balaban J connectivity index is 1.12. The molecule has 274 valence electrons. The summed E-state index contributed by atoms with van der Waals surface area (Å²) in [5.41, 5.74) is 1.73. The first-order valence-electron chi connectivity index (χ1n) is 17.4. The van der Waals surface area contributed by atoms with Gasteiger partial charge in [0.1, 0.15) is 5.75 Å². The lowest BCUT2D eigenvalue weighted by molar-refractivity contribution is -0.284. The molecule has 0 saturated heterocycles. The number of benzene rings is 1. The molecule has 14 heteroatoms.